The molecule has 1 aliphatic rings. The third-order valence-electron chi connectivity index (χ3n) is 3.25. The molecule has 2 rings (SSSR count). The standard InChI is InChI=1S/C10H17N5O/c1-3-10(5-4-6-11-10)8(16)7-9-12-14-15(2)13-9/h11H,3-7H2,1-2H3. The Balaban J connectivity index is 2.07. The van der Waals surface area contributed by atoms with Crippen LogP contribution in [0, 0.1) is 0 Å². The molecular formula is C10H17N5O. The largest absolute Gasteiger partial charge is 0.305 e. The van der Waals surface area contributed by atoms with Crippen LogP contribution in [0.4, 0.5) is 0 Å². The first-order valence-electron chi connectivity index (χ1n) is 5.67. The maximum absolute atomic E-state index is 12.2. The molecule has 0 aromatic carbocycles. The highest BCUT2D eigenvalue weighted by molar-refractivity contribution is 5.89. The quantitative estimate of drug-likeness (QED) is 0.768. The molecule has 88 valence electrons. The predicted octanol–water partition coefficient (Wildman–Crippen LogP) is -0.146. The van der Waals surface area contributed by atoms with Crippen molar-refractivity contribution in [3.63, 3.8) is 0 Å². The van der Waals surface area contributed by atoms with Gasteiger partial charge in [-0.3, -0.25) is 4.79 Å². The molecule has 1 aliphatic heterocycles. The molecule has 1 aromatic rings. The lowest BCUT2D eigenvalue weighted by Gasteiger charge is -2.25. The number of carbonyl (C=O) groups excluding carboxylic acids is 1. The Kier molecular flexibility index (Phi) is 3.00. The molecule has 1 saturated heterocycles. The molecule has 1 N–H and O–H groups in total. The Hall–Kier alpha value is -1.30. The first-order valence-corrected chi connectivity index (χ1v) is 5.67. The lowest BCUT2D eigenvalue weighted by Crippen LogP contribution is -2.47. The highest BCUT2D eigenvalue weighted by Crippen LogP contribution is 2.24. The zero-order valence-corrected chi connectivity index (χ0v) is 9.73. The van der Waals surface area contributed by atoms with E-state index in [0.29, 0.717) is 5.82 Å². The molecule has 0 spiro atoms. The van der Waals surface area contributed by atoms with Crippen molar-refractivity contribution in [2.75, 3.05) is 6.54 Å². The van der Waals surface area contributed by atoms with Gasteiger partial charge < -0.3 is 5.32 Å². The normalized spacial score (nSPS) is 24.9. The number of nitrogens with one attached hydrogen (secondary N) is 1. The van der Waals surface area contributed by atoms with E-state index in [0.717, 1.165) is 25.8 Å². The van der Waals surface area contributed by atoms with E-state index in [4.69, 9.17) is 0 Å². The number of tetrazole rings is 1. The smallest absolute Gasteiger partial charge is 0.182 e. The molecule has 0 aliphatic carbocycles. The second-order valence-corrected chi connectivity index (χ2v) is 4.26. The lowest BCUT2D eigenvalue weighted by molar-refractivity contribution is -0.124. The number of hydrogen-bond acceptors (Lipinski definition) is 5. The van der Waals surface area contributed by atoms with Gasteiger partial charge in [-0.05, 0) is 31.0 Å². The van der Waals surface area contributed by atoms with Crippen LogP contribution in [-0.2, 0) is 18.3 Å². The minimum Gasteiger partial charge on any atom is -0.305 e. The van der Waals surface area contributed by atoms with Crippen molar-refractivity contribution in [3.05, 3.63) is 5.82 Å². The van der Waals surface area contributed by atoms with Crippen LogP contribution in [0.3, 0.4) is 0 Å². The third-order valence-corrected chi connectivity index (χ3v) is 3.25. The van der Waals surface area contributed by atoms with E-state index in [2.05, 4.69) is 20.7 Å². The first-order chi connectivity index (χ1) is 7.66. The van der Waals surface area contributed by atoms with Crippen LogP contribution in [-0.4, -0.2) is 38.1 Å². The molecular weight excluding hydrogens is 206 g/mol. The molecule has 0 radical (unpaired) electrons. The van der Waals surface area contributed by atoms with Crippen molar-refractivity contribution in [1.82, 2.24) is 25.5 Å². The molecule has 6 nitrogen and oxygen atoms in total. The van der Waals surface area contributed by atoms with Gasteiger partial charge in [0, 0.05) is 0 Å². The topological polar surface area (TPSA) is 72.7 Å². The minimum absolute atomic E-state index is 0.181. The minimum atomic E-state index is -0.348. The summed E-state index contributed by atoms with van der Waals surface area (Å²) in [4.78, 5) is 13.6. The molecule has 0 bridgehead atoms. The van der Waals surface area contributed by atoms with Crippen molar-refractivity contribution in [1.29, 1.82) is 0 Å². The van der Waals surface area contributed by atoms with Gasteiger partial charge in [-0.25, -0.2) is 0 Å². The number of Topliss-reactive ketones (excluding diaryl/α,β-unsaturated/α-hetero) is 1. The van der Waals surface area contributed by atoms with Gasteiger partial charge in [0.2, 0.25) is 0 Å². The van der Waals surface area contributed by atoms with Crippen molar-refractivity contribution in [2.24, 2.45) is 7.05 Å². The summed E-state index contributed by atoms with van der Waals surface area (Å²) >= 11 is 0. The molecule has 1 fully saturated rings. The van der Waals surface area contributed by atoms with Gasteiger partial charge in [0.1, 0.15) is 0 Å². The average molecular weight is 223 g/mol. The van der Waals surface area contributed by atoms with Crippen LogP contribution in [0.1, 0.15) is 32.0 Å². The average Bonchev–Trinajstić information content (AvgIpc) is 2.88. The molecule has 0 amide bonds. The molecule has 16 heavy (non-hydrogen) atoms. The van der Waals surface area contributed by atoms with E-state index >= 15 is 0 Å². The van der Waals surface area contributed by atoms with E-state index in [-0.39, 0.29) is 17.7 Å². The van der Waals surface area contributed by atoms with Gasteiger partial charge in [-0.2, -0.15) is 4.80 Å². The van der Waals surface area contributed by atoms with Crippen LogP contribution >= 0.6 is 0 Å². The Morgan fingerprint density at radius 3 is 2.94 bits per heavy atom. The summed E-state index contributed by atoms with van der Waals surface area (Å²) in [5.74, 6) is 0.689. The molecule has 1 unspecified atom stereocenters. The maximum Gasteiger partial charge on any atom is 0.182 e. The van der Waals surface area contributed by atoms with E-state index in [1.54, 1.807) is 7.05 Å². The van der Waals surface area contributed by atoms with Gasteiger partial charge in [-0.1, -0.05) is 6.92 Å². The SMILES string of the molecule is CCC1(C(=O)Cc2nnn(C)n2)CCCN1. The van der Waals surface area contributed by atoms with Crippen LogP contribution in [0.5, 0.6) is 0 Å². The Bertz CT molecular complexity index is 380. The second kappa shape index (κ2) is 4.29. The maximum atomic E-state index is 12.2. The van der Waals surface area contributed by atoms with E-state index < -0.39 is 0 Å². The zero-order valence-electron chi connectivity index (χ0n) is 9.73. The number of aryl methyl sites for hydroxylation is 1. The fourth-order valence-corrected chi connectivity index (χ4v) is 2.25. The number of nitrogens with zero attached hydrogens (tertiary/aromatic N) is 4. The summed E-state index contributed by atoms with van der Waals surface area (Å²) in [5, 5.41) is 14.9. The van der Waals surface area contributed by atoms with Crippen molar-refractivity contribution in [2.45, 2.75) is 38.1 Å². The summed E-state index contributed by atoms with van der Waals surface area (Å²) in [6, 6.07) is 0. The molecule has 1 atom stereocenters. The fraction of sp³-hybridized carbons (Fsp3) is 0.800. The first kappa shape index (κ1) is 11.2. The second-order valence-electron chi connectivity index (χ2n) is 4.26. The Morgan fingerprint density at radius 1 is 1.62 bits per heavy atom. The van der Waals surface area contributed by atoms with Gasteiger partial charge in [-0.15, -0.1) is 10.2 Å². The number of rotatable bonds is 4. The lowest BCUT2D eigenvalue weighted by atomic mass is 9.87. The number of aromatic nitrogens is 4. The van der Waals surface area contributed by atoms with E-state index in [9.17, 15) is 4.79 Å². The van der Waals surface area contributed by atoms with Gasteiger partial charge in [0.25, 0.3) is 0 Å². The zero-order chi connectivity index (χ0) is 11.6. The monoisotopic (exact) mass is 223 g/mol. The van der Waals surface area contributed by atoms with Crippen molar-refractivity contribution >= 4 is 5.78 Å². The molecule has 6 heteroatoms. The van der Waals surface area contributed by atoms with Gasteiger partial charge >= 0.3 is 0 Å². The van der Waals surface area contributed by atoms with Crippen molar-refractivity contribution < 1.29 is 4.79 Å². The molecule has 0 saturated carbocycles. The van der Waals surface area contributed by atoms with Crippen LogP contribution in [0.25, 0.3) is 0 Å². The summed E-state index contributed by atoms with van der Waals surface area (Å²) in [6.07, 6.45) is 3.08. The number of ketones is 1. The Morgan fingerprint density at radius 2 is 2.44 bits per heavy atom. The van der Waals surface area contributed by atoms with Crippen LogP contribution in [0.15, 0.2) is 0 Å². The third kappa shape index (κ3) is 1.97. The summed E-state index contributed by atoms with van der Waals surface area (Å²) in [6.45, 7) is 2.97. The van der Waals surface area contributed by atoms with Gasteiger partial charge in [0.15, 0.2) is 11.6 Å². The van der Waals surface area contributed by atoms with E-state index in [1.807, 2.05) is 6.92 Å². The summed E-state index contributed by atoms with van der Waals surface area (Å²) in [7, 11) is 1.70. The molecule has 1 aromatic heterocycles. The summed E-state index contributed by atoms with van der Waals surface area (Å²) < 4.78 is 0. The summed E-state index contributed by atoms with van der Waals surface area (Å²) in [5.41, 5.74) is -0.348. The highest BCUT2D eigenvalue weighted by atomic mass is 16.1. The van der Waals surface area contributed by atoms with E-state index in [1.165, 1.54) is 4.80 Å². The van der Waals surface area contributed by atoms with Crippen LogP contribution < -0.4 is 5.32 Å². The van der Waals surface area contributed by atoms with Gasteiger partial charge in [0.05, 0.1) is 19.0 Å². The molecule has 2 heterocycles. The Labute approximate surface area is 94.4 Å². The number of carbonyl (C=O) groups is 1. The van der Waals surface area contributed by atoms with Crippen molar-refractivity contribution in [3.8, 4) is 0 Å². The fourth-order valence-electron chi connectivity index (χ4n) is 2.25. The van der Waals surface area contributed by atoms with Crippen LogP contribution in [0.2, 0.25) is 0 Å². The number of hydrogen-bond donors (Lipinski definition) is 1. The predicted molar refractivity (Wildman–Crippen MR) is 57.8 cm³/mol. The highest BCUT2D eigenvalue weighted by Gasteiger charge is 2.38.